The topological polar surface area (TPSA) is 38.3 Å². The van der Waals surface area contributed by atoms with Crippen molar-refractivity contribution in [3.05, 3.63) is 28.0 Å². The summed E-state index contributed by atoms with van der Waals surface area (Å²) in [6, 6.07) is 2.74. The van der Waals surface area contributed by atoms with Gasteiger partial charge < -0.3 is 10.1 Å². The first-order valence-corrected chi connectivity index (χ1v) is 5.11. The molecule has 0 aliphatic heterocycles. The van der Waals surface area contributed by atoms with Crippen molar-refractivity contribution in [2.75, 3.05) is 20.7 Å². The summed E-state index contributed by atoms with van der Waals surface area (Å²) < 4.78 is 19.0. The summed E-state index contributed by atoms with van der Waals surface area (Å²) >= 11 is 3.20. The Balaban J connectivity index is 3.24. The van der Waals surface area contributed by atoms with Gasteiger partial charge in [-0.05, 0) is 35.1 Å². The van der Waals surface area contributed by atoms with Gasteiger partial charge in [-0.25, -0.2) is 4.39 Å². The third kappa shape index (κ3) is 2.54. The van der Waals surface area contributed by atoms with E-state index in [4.69, 9.17) is 4.74 Å². The van der Waals surface area contributed by atoms with Crippen LogP contribution in [0.15, 0.2) is 16.6 Å². The van der Waals surface area contributed by atoms with Crippen LogP contribution in [0.25, 0.3) is 0 Å². The molecule has 0 bridgehead atoms. The number of methoxy groups -OCH3 is 1. The Morgan fingerprint density at radius 3 is 2.80 bits per heavy atom. The molecule has 0 spiro atoms. The maximum atomic E-state index is 13.4. The van der Waals surface area contributed by atoms with Crippen LogP contribution in [0.5, 0.6) is 5.75 Å². The minimum absolute atomic E-state index is 0.0266. The molecule has 15 heavy (non-hydrogen) atoms. The summed E-state index contributed by atoms with van der Waals surface area (Å²) in [7, 11) is 3.02. The molecule has 0 fully saturated rings. The molecule has 0 amide bonds. The molecule has 0 aliphatic rings. The van der Waals surface area contributed by atoms with E-state index in [1.54, 1.807) is 7.05 Å². The second-order valence-electron chi connectivity index (χ2n) is 2.89. The van der Waals surface area contributed by atoms with Gasteiger partial charge in [0.15, 0.2) is 5.78 Å². The zero-order chi connectivity index (χ0) is 11.4. The van der Waals surface area contributed by atoms with E-state index in [0.29, 0.717) is 4.47 Å². The number of carbonyl (C=O) groups is 1. The number of ether oxygens (including phenoxy) is 1. The minimum atomic E-state index is -0.574. The molecule has 0 heterocycles. The lowest BCUT2D eigenvalue weighted by Crippen LogP contribution is -2.20. The first kappa shape index (κ1) is 12.1. The number of rotatable bonds is 4. The quantitative estimate of drug-likeness (QED) is 0.855. The van der Waals surface area contributed by atoms with E-state index >= 15 is 0 Å². The first-order chi connectivity index (χ1) is 7.11. The molecule has 0 saturated heterocycles. The lowest BCUT2D eigenvalue weighted by molar-refractivity contribution is 0.0986. The number of carbonyl (C=O) groups excluding carboxylic acids is 1. The van der Waals surface area contributed by atoms with Crippen molar-refractivity contribution < 1.29 is 13.9 Å². The van der Waals surface area contributed by atoms with Gasteiger partial charge in [0.25, 0.3) is 0 Å². The summed E-state index contributed by atoms with van der Waals surface area (Å²) in [5, 5.41) is 2.68. The van der Waals surface area contributed by atoms with Crippen LogP contribution >= 0.6 is 15.9 Å². The third-order valence-electron chi connectivity index (χ3n) is 1.88. The third-order valence-corrected chi connectivity index (χ3v) is 2.50. The van der Waals surface area contributed by atoms with Crippen LogP contribution in [-0.2, 0) is 0 Å². The van der Waals surface area contributed by atoms with Crippen LogP contribution < -0.4 is 10.1 Å². The van der Waals surface area contributed by atoms with Gasteiger partial charge in [0.2, 0.25) is 0 Å². The molecule has 0 unspecified atom stereocenters. The number of likely N-dealkylation sites (N-methyl/N-ethyl adjacent to an activating group) is 1. The van der Waals surface area contributed by atoms with Crippen LogP contribution in [0.4, 0.5) is 4.39 Å². The van der Waals surface area contributed by atoms with Crippen molar-refractivity contribution in [1.82, 2.24) is 5.32 Å². The van der Waals surface area contributed by atoms with Crippen molar-refractivity contribution in [1.29, 1.82) is 0 Å². The lowest BCUT2D eigenvalue weighted by Gasteiger charge is -2.10. The number of ketones is 1. The molecule has 1 aromatic rings. The van der Waals surface area contributed by atoms with Gasteiger partial charge in [-0.1, -0.05) is 0 Å². The number of Topliss-reactive ketones (excluding diaryl/α,β-unsaturated/α-hetero) is 1. The standard InChI is InChI=1S/C10H11BrFNO2/c1-13-5-8(14)9-7(12)4-3-6(11)10(9)15-2/h3-4,13H,5H2,1-2H3. The molecule has 1 N–H and O–H groups in total. The smallest absolute Gasteiger partial charge is 0.183 e. The Morgan fingerprint density at radius 1 is 1.60 bits per heavy atom. The predicted octanol–water partition coefficient (Wildman–Crippen LogP) is 2.00. The Labute approximate surface area is 95.7 Å². The van der Waals surface area contributed by atoms with Crippen molar-refractivity contribution in [3.8, 4) is 5.75 Å². The van der Waals surface area contributed by atoms with E-state index in [0.717, 1.165) is 0 Å². The largest absolute Gasteiger partial charge is 0.495 e. The Bertz CT molecular complexity index is 382. The predicted molar refractivity (Wildman–Crippen MR) is 58.9 cm³/mol. The monoisotopic (exact) mass is 275 g/mol. The van der Waals surface area contributed by atoms with Crippen LogP contribution in [0.1, 0.15) is 10.4 Å². The highest BCUT2D eigenvalue weighted by molar-refractivity contribution is 9.10. The Kier molecular flexibility index (Phi) is 4.23. The van der Waals surface area contributed by atoms with Crippen LogP contribution in [0.2, 0.25) is 0 Å². The number of hydrogen-bond donors (Lipinski definition) is 1. The Morgan fingerprint density at radius 2 is 2.27 bits per heavy atom. The lowest BCUT2D eigenvalue weighted by atomic mass is 10.1. The first-order valence-electron chi connectivity index (χ1n) is 4.31. The summed E-state index contributed by atoms with van der Waals surface area (Å²) in [5.74, 6) is -0.682. The molecule has 1 rings (SSSR count). The Hall–Kier alpha value is -0.940. The van der Waals surface area contributed by atoms with Gasteiger partial charge in [-0.3, -0.25) is 4.79 Å². The molecule has 3 nitrogen and oxygen atoms in total. The van der Waals surface area contributed by atoms with Gasteiger partial charge in [0.1, 0.15) is 11.6 Å². The highest BCUT2D eigenvalue weighted by Crippen LogP contribution is 2.30. The van der Waals surface area contributed by atoms with Crippen LogP contribution in [0, 0.1) is 5.82 Å². The molecule has 0 atom stereocenters. The average Bonchev–Trinajstić information content (AvgIpc) is 2.21. The van der Waals surface area contributed by atoms with E-state index in [1.807, 2.05) is 0 Å². The van der Waals surface area contributed by atoms with E-state index in [2.05, 4.69) is 21.2 Å². The highest BCUT2D eigenvalue weighted by atomic mass is 79.9. The molecule has 0 aromatic heterocycles. The number of hydrogen-bond acceptors (Lipinski definition) is 3. The molecule has 1 aromatic carbocycles. The number of halogens is 2. The van der Waals surface area contributed by atoms with Crippen molar-refractivity contribution >= 4 is 21.7 Å². The van der Waals surface area contributed by atoms with Crippen molar-refractivity contribution in [2.24, 2.45) is 0 Å². The second-order valence-corrected chi connectivity index (χ2v) is 3.75. The van der Waals surface area contributed by atoms with Gasteiger partial charge in [-0.15, -0.1) is 0 Å². The molecule has 0 radical (unpaired) electrons. The summed E-state index contributed by atoms with van der Waals surface area (Å²) in [5.41, 5.74) is -0.0266. The normalized spacial score (nSPS) is 10.1. The maximum absolute atomic E-state index is 13.4. The zero-order valence-corrected chi connectivity index (χ0v) is 10.0. The molecular weight excluding hydrogens is 265 g/mol. The summed E-state index contributed by atoms with van der Waals surface area (Å²) in [6.07, 6.45) is 0. The highest BCUT2D eigenvalue weighted by Gasteiger charge is 2.19. The van der Waals surface area contributed by atoms with Gasteiger partial charge >= 0.3 is 0 Å². The molecule has 5 heteroatoms. The van der Waals surface area contributed by atoms with E-state index < -0.39 is 5.82 Å². The van der Waals surface area contributed by atoms with Gasteiger partial charge in [0.05, 0.1) is 23.7 Å². The van der Waals surface area contributed by atoms with Crippen molar-refractivity contribution in [3.63, 3.8) is 0 Å². The SMILES string of the molecule is CNCC(=O)c1c(F)ccc(Br)c1OC. The zero-order valence-electron chi connectivity index (χ0n) is 8.43. The van der Waals surface area contributed by atoms with Gasteiger partial charge in [0, 0.05) is 0 Å². The summed E-state index contributed by atoms with van der Waals surface area (Å²) in [4.78, 5) is 11.6. The van der Waals surface area contributed by atoms with Crippen molar-refractivity contribution in [2.45, 2.75) is 0 Å². The molecular formula is C10H11BrFNO2. The maximum Gasteiger partial charge on any atom is 0.183 e. The molecule has 82 valence electrons. The fourth-order valence-corrected chi connectivity index (χ4v) is 1.73. The van der Waals surface area contributed by atoms with E-state index in [-0.39, 0.29) is 23.6 Å². The van der Waals surface area contributed by atoms with Gasteiger partial charge in [-0.2, -0.15) is 0 Å². The van der Waals surface area contributed by atoms with E-state index in [1.165, 1.54) is 19.2 Å². The van der Waals surface area contributed by atoms with E-state index in [9.17, 15) is 9.18 Å². The fraction of sp³-hybridized carbons (Fsp3) is 0.300. The fourth-order valence-electron chi connectivity index (χ4n) is 1.24. The number of nitrogens with one attached hydrogen (secondary N) is 1. The van der Waals surface area contributed by atoms with Crippen LogP contribution in [0.3, 0.4) is 0 Å². The second kappa shape index (κ2) is 5.23. The number of benzene rings is 1. The molecule has 0 saturated carbocycles. The summed E-state index contributed by atoms with van der Waals surface area (Å²) in [6.45, 7) is 0.0731. The molecule has 0 aliphatic carbocycles. The average molecular weight is 276 g/mol. The van der Waals surface area contributed by atoms with Crippen LogP contribution in [-0.4, -0.2) is 26.5 Å². The minimum Gasteiger partial charge on any atom is -0.495 e.